The van der Waals surface area contributed by atoms with Crippen molar-refractivity contribution in [2.24, 2.45) is 5.73 Å². The van der Waals surface area contributed by atoms with E-state index in [1.807, 2.05) is 19.1 Å². The maximum atomic E-state index is 12.3. The van der Waals surface area contributed by atoms with E-state index in [9.17, 15) is 8.42 Å². The molecule has 0 atom stereocenters. The van der Waals surface area contributed by atoms with Crippen molar-refractivity contribution in [3.8, 4) is 0 Å². The smallest absolute Gasteiger partial charge is 0.265 e. The highest BCUT2D eigenvalue weighted by molar-refractivity contribution is 7.92. The van der Waals surface area contributed by atoms with E-state index < -0.39 is 10.0 Å². The molecule has 108 valence electrons. The normalized spacial score (nSPS) is 11.6. The van der Waals surface area contributed by atoms with Crippen LogP contribution in [0.3, 0.4) is 0 Å². The fraction of sp³-hybridized carbons (Fsp3) is 0.286. The van der Waals surface area contributed by atoms with Gasteiger partial charge in [-0.25, -0.2) is 8.42 Å². The molecule has 1 aromatic carbocycles. The van der Waals surface area contributed by atoms with Crippen LogP contribution in [0.4, 0.5) is 5.69 Å². The molecule has 2 rings (SSSR count). The van der Waals surface area contributed by atoms with Crippen LogP contribution in [0.2, 0.25) is 0 Å². The minimum Gasteiger partial charge on any atom is -0.464 e. The first-order valence-corrected chi connectivity index (χ1v) is 7.85. The molecule has 2 aromatic rings. The van der Waals surface area contributed by atoms with Crippen molar-refractivity contribution in [3.63, 3.8) is 0 Å². The largest absolute Gasteiger partial charge is 0.464 e. The molecule has 0 spiro atoms. The Hall–Kier alpha value is -1.79. The molecule has 0 radical (unpaired) electrons. The van der Waals surface area contributed by atoms with Crippen LogP contribution in [0, 0.1) is 6.92 Å². The van der Waals surface area contributed by atoms with E-state index in [0.717, 1.165) is 12.0 Å². The van der Waals surface area contributed by atoms with Gasteiger partial charge in [0, 0.05) is 11.8 Å². The second-order valence-corrected chi connectivity index (χ2v) is 6.14. The Morgan fingerprint density at radius 2 is 1.90 bits per heavy atom. The minimum atomic E-state index is -3.65. The predicted molar refractivity (Wildman–Crippen MR) is 78.0 cm³/mol. The number of sulfonamides is 1. The molecule has 1 heterocycles. The van der Waals surface area contributed by atoms with Crippen molar-refractivity contribution < 1.29 is 12.8 Å². The van der Waals surface area contributed by atoms with Gasteiger partial charge in [0.15, 0.2) is 0 Å². The number of hydrogen-bond donors (Lipinski definition) is 2. The summed E-state index contributed by atoms with van der Waals surface area (Å²) >= 11 is 0. The van der Waals surface area contributed by atoms with Gasteiger partial charge in [-0.05, 0) is 31.0 Å². The molecule has 6 heteroatoms. The Morgan fingerprint density at radius 1 is 1.25 bits per heavy atom. The van der Waals surface area contributed by atoms with Crippen molar-refractivity contribution in [2.75, 3.05) is 4.72 Å². The molecule has 3 N–H and O–H groups in total. The third-order valence-corrected chi connectivity index (χ3v) is 4.52. The lowest BCUT2D eigenvalue weighted by Crippen LogP contribution is -2.13. The van der Waals surface area contributed by atoms with Gasteiger partial charge < -0.3 is 10.2 Å². The molecular weight excluding hydrogens is 276 g/mol. The number of anilines is 1. The molecule has 0 fully saturated rings. The highest BCUT2D eigenvalue weighted by atomic mass is 32.2. The third-order valence-electron chi connectivity index (χ3n) is 3.03. The van der Waals surface area contributed by atoms with Gasteiger partial charge in [-0.1, -0.05) is 19.1 Å². The van der Waals surface area contributed by atoms with Crippen LogP contribution in [0.25, 0.3) is 0 Å². The molecule has 0 amide bonds. The van der Waals surface area contributed by atoms with Gasteiger partial charge in [-0.2, -0.15) is 0 Å². The zero-order valence-corrected chi connectivity index (χ0v) is 12.3. The number of rotatable bonds is 5. The Morgan fingerprint density at radius 3 is 2.40 bits per heavy atom. The van der Waals surface area contributed by atoms with Crippen molar-refractivity contribution in [2.45, 2.75) is 31.7 Å². The van der Waals surface area contributed by atoms with Crippen LogP contribution >= 0.6 is 0 Å². The van der Waals surface area contributed by atoms with E-state index in [-0.39, 0.29) is 11.4 Å². The van der Waals surface area contributed by atoms with Gasteiger partial charge in [0.1, 0.15) is 16.4 Å². The van der Waals surface area contributed by atoms with E-state index in [1.54, 1.807) is 19.1 Å². The summed E-state index contributed by atoms with van der Waals surface area (Å²) in [6, 6.07) is 8.74. The molecule has 0 aliphatic carbocycles. The summed E-state index contributed by atoms with van der Waals surface area (Å²) in [6.45, 7) is 3.82. The minimum absolute atomic E-state index is 0.123. The van der Waals surface area contributed by atoms with E-state index in [2.05, 4.69) is 4.72 Å². The number of nitrogens with one attached hydrogen (secondary N) is 1. The Kier molecular flexibility index (Phi) is 4.15. The Bertz CT molecular complexity index is 688. The zero-order chi connectivity index (χ0) is 14.8. The lowest BCUT2D eigenvalue weighted by Gasteiger charge is -2.07. The second kappa shape index (κ2) is 5.68. The van der Waals surface area contributed by atoms with Gasteiger partial charge in [-0.3, -0.25) is 4.72 Å². The highest BCUT2D eigenvalue weighted by Gasteiger charge is 2.21. The first-order valence-electron chi connectivity index (χ1n) is 6.37. The summed E-state index contributed by atoms with van der Waals surface area (Å²) in [5.41, 5.74) is 7.13. The van der Waals surface area contributed by atoms with Crippen LogP contribution in [-0.4, -0.2) is 8.42 Å². The van der Waals surface area contributed by atoms with Crippen molar-refractivity contribution in [1.29, 1.82) is 0 Å². The maximum Gasteiger partial charge on any atom is 0.265 e. The topological polar surface area (TPSA) is 85.3 Å². The fourth-order valence-corrected chi connectivity index (χ4v) is 3.17. The standard InChI is InChI=1S/C14H18N2O3S/c1-3-11-4-6-12(7-5-11)16-20(17,18)14-8-13(9-15)19-10(14)2/h4-8,16H,3,9,15H2,1-2H3. The number of aryl methyl sites for hydroxylation is 2. The zero-order valence-electron chi connectivity index (χ0n) is 11.5. The number of nitrogens with two attached hydrogens (primary N) is 1. The number of furan rings is 1. The van der Waals surface area contributed by atoms with Crippen LogP contribution in [0.15, 0.2) is 39.6 Å². The third kappa shape index (κ3) is 3.02. The Labute approximate surface area is 118 Å². The molecule has 20 heavy (non-hydrogen) atoms. The quantitative estimate of drug-likeness (QED) is 0.886. The molecule has 0 unspecified atom stereocenters. The molecular formula is C14H18N2O3S. The van der Waals surface area contributed by atoms with Crippen LogP contribution < -0.4 is 10.5 Å². The maximum absolute atomic E-state index is 12.3. The van der Waals surface area contributed by atoms with Crippen molar-refractivity contribution in [1.82, 2.24) is 0 Å². The van der Waals surface area contributed by atoms with Gasteiger partial charge in [0.25, 0.3) is 10.0 Å². The molecule has 0 aliphatic heterocycles. The number of hydrogen-bond acceptors (Lipinski definition) is 4. The number of benzene rings is 1. The van der Waals surface area contributed by atoms with E-state index in [0.29, 0.717) is 17.2 Å². The molecule has 5 nitrogen and oxygen atoms in total. The van der Waals surface area contributed by atoms with Crippen LogP contribution in [-0.2, 0) is 23.0 Å². The van der Waals surface area contributed by atoms with Gasteiger partial charge in [0.2, 0.25) is 0 Å². The SMILES string of the molecule is CCc1ccc(NS(=O)(=O)c2cc(CN)oc2C)cc1. The lowest BCUT2D eigenvalue weighted by molar-refractivity contribution is 0.479. The molecule has 0 saturated carbocycles. The highest BCUT2D eigenvalue weighted by Crippen LogP contribution is 2.23. The summed E-state index contributed by atoms with van der Waals surface area (Å²) in [4.78, 5) is 0.123. The fourth-order valence-electron chi connectivity index (χ4n) is 1.91. The summed E-state index contributed by atoms with van der Waals surface area (Å²) in [6.07, 6.45) is 0.910. The average Bonchev–Trinajstić information content (AvgIpc) is 2.81. The van der Waals surface area contributed by atoms with Crippen molar-refractivity contribution >= 4 is 15.7 Å². The monoisotopic (exact) mass is 294 g/mol. The van der Waals surface area contributed by atoms with Gasteiger partial charge in [-0.15, -0.1) is 0 Å². The van der Waals surface area contributed by atoms with Crippen LogP contribution in [0.1, 0.15) is 24.0 Å². The Balaban J connectivity index is 2.27. The van der Waals surface area contributed by atoms with E-state index in [1.165, 1.54) is 6.07 Å². The molecule has 1 aromatic heterocycles. The second-order valence-electron chi connectivity index (χ2n) is 4.49. The summed E-state index contributed by atoms with van der Waals surface area (Å²) in [7, 11) is -3.65. The van der Waals surface area contributed by atoms with Crippen LogP contribution in [0.5, 0.6) is 0 Å². The average molecular weight is 294 g/mol. The van der Waals surface area contributed by atoms with Crippen molar-refractivity contribution in [3.05, 3.63) is 47.4 Å². The summed E-state index contributed by atoms with van der Waals surface area (Å²) in [5.74, 6) is 0.785. The predicted octanol–water partition coefficient (Wildman–Crippen LogP) is 2.41. The van der Waals surface area contributed by atoms with Gasteiger partial charge >= 0.3 is 0 Å². The van der Waals surface area contributed by atoms with E-state index in [4.69, 9.17) is 10.2 Å². The first kappa shape index (κ1) is 14.6. The first-order chi connectivity index (χ1) is 9.46. The van der Waals surface area contributed by atoms with E-state index >= 15 is 0 Å². The van der Waals surface area contributed by atoms with Gasteiger partial charge in [0.05, 0.1) is 6.54 Å². The summed E-state index contributed by atoms with van der Waals surface area (Å²) in [5, 5.41) is 0. The summed E-state index contributed by atoms with van der Waals surface area (Å²) < 4.78 is 32.4. The molecule has 0 saturated heterocycles. The molecule has 0 bridgehead atoms. The molecule has 0 aliphatic rings. The lowest BCUT2D eigenvalue weighted by atomic mass is 10.2.